The molecule has 0 aromatic rings. The Morgan fingerprint density at radius 1 is 1.44 bits per heavy atom. The van der Waals surface area contributed by atoms with E-state index in [1.165, 1.54) is 0 Å². The molecule has 0 rings (SSSR count). The van der Waals surface area contributed by atoms with Crippen molar-refractivity contribution in [3.8, 4) is 0 Å². The van der Waals surface area contributed by atoms with Gasteiger partial charge in [-0.2, -0.15) is 0 Å². The molecule has 0 fully saturated rings. The maximum absolute atomic E-state index is 11.5. The van der Waals surface area contributed by atoms with Crippen molar-refractivity contribution in [2.75, 3.05) is 13.2 Å². The zero-order valence-corrected chi connectivity index (χ0v) is 10.1. The summed E-state index contributed by atoms with van der Waals surface area (Å²) in [6, 6.07) is -1.02. The van der Waals surface area contributed by atoms with Crippen molar-refractivity contribution in [3.63, 3.8) is 0 Å². The molecule has 1 unspecified atom stereocenters. The highest BCUT2D eigenvalue weighted by atomic mass is 16.5. The molecular formula is C11H20N2O3. The molecule has 0 aliphatic rings. The molecular weight excluding hydrogens is 208 g/mol. The molecule has 5 heteroatoms. The number of hydrogen-bond acceptors (Lipinski definition) is 3. The largest absolute Gasteiger partial charge is 0.464 e. The van der Waals surface area contributed by atoms with Crippen LogP contribution < -0.4 is 10.6 Å². The van der Waals surface area contributed by atoms with Crippen molar-refractivity contribution in [2.45, 2.75) is 26.8 Å². The van der Waals surface area contributed by atoms with Crippen LogP contribution in [0.4, 0.5) is 4.79 Å². The molecule has 92 valence electrons. The van der Waals surface area contributed by atoms with Crippen LogP contribution in [0, 0.1) is 5.92 Å². The number of rotatable bonds is 6. The average molecular weight is 228 g/mol. The van der Waals surface area contributed by atoms with Gasteiger partial charge in [0.2, 0.25) is 0 Å². The number of nitrogens with one attached hydrogen (secondary N) is 2. The Kier molecular flexibility index (Phi) is 7.00. The number of ether oxygens (including phenoxy) is 1. The summed E-state index contributed by atoms with van der Waals surface area (Å²) in [5.41, 5.74) is 0. The lowest BCUT2D eigenvalue weighted by atomic mass is 10.1. The highest BCUT2D eigenvalue weighted by Gasteiger charge is 2.24. The Labute approximate surface area is 96.2 Å². The highest BCUT2D eigenvalue weighted by molar-refractivity contribution is 5.83. The minimum Gasteiger partial charge on any atom is -0.464 e. The molecule has 2 amide bonds. The highest BCUT2D eigenvalue weighted by Crippen LogP contribution is 2.03. The minimum absolute atomic E-state index is 0.0199. The summed E-state index contributed by atoms with van der Waals surface area (Å²) in [6.07, 6.45) is 1.56. The fourth-order valence-electron chi connectivity index (χ4n) is 1.09. The van der Waals surface area contributed by atoms with Crippen molar-refractivity contribution in [1.82, 2.24) is 10.6 Å². The van der Waals surface area contributed by atoms with Crippen LogP contribution in [0.5, 0.6) is 0 Å². The number of urea groups is 1. The van der Waals surface area contributed by atoms with E-state index in [2.05, 4.69) is 17.2 Å². The number of amides is 2. The molecule has 0 saturated carbocycles. The van der Waals surface area contributed by atoms with Crippen LogP contribution >= 0.6 is 0 Å². The zero-order chi connectivity index (χ0) is 12.6. The SMILES string of the molecule is C=CCNC(=O)NC(C(=O)OCC)C(C)C. The summed E-state index contributed by atoms with van der Waals surface area (Å²) in [5.74, 6) is -0.431. The van der Waals surface area contributed by atoms with Crippen LogP contribution in [0.2, 0.25) is 0 Å². The first-order chi connectivity index (χ1) is 7.52. The Bertz CT molecular complexity index is 252. The normalized spacial score (nSPS) is 11.8. The van der Waals surface area contributed by atoms with Gasteiger partial charge in [0.15, 0.2) is 0 Å². The lowest BCUT2D eigenvalue weighted by molar-refractivity contribution is -0.146. The van der Waals surface area contributed by atoms with Crippen molar-refractivity contribution in [2.24, 2.45) is 5.92 Å². The number of esters is 1. The third kappa shape index (κ3) is 5.38. The maximum Gasteiger partial charge on any atom is 0.328 e. The van der Waals surface area contributed by atoms with E-state index in [1.807, 2.05) is 13.8 Å². The van der Waals surface area contributed by atoms with Gasteiger partial charge >= 0.3 is 12.0 Å². The van der Waals surface area contributed by atoms with E-state index in [0.717, 1.165) is 0 Å². The molecule has 0 bridgehead atoms. The Morgan fingerprint density at radius 2 is 2.06 bits per heavy atom. The zero-order valence-electron chi connectivity index (χ0n) is 10.1. The number of carbonyl (C=O) groups is 2. The molecule has 16 heavy (non-hydrogen) atoms. The molecule has 0 heterocycles. The molecule has 0 aromatic carbocycles. The predicted octanol–water partition coefficient (Wildman–Crippen LogP) is 1.06. The third-order valence-electron chi connectivity index (χ3n) is 1.90. The summed E-state index contributed by atoms with van der Waals surface area (Å²) in [6.45, 7) is 9.56. The van der Waals surface area contributed by atoms with Crippen molar-refractivity contribution in [1.29, 1.82) is 0 Å². The van der Waals surface area contributed by atoms with Gasteiger partial charge in [0.05, 0.1) is 6.61 Å². The van der Waals surface area contributed by atoms with Gasteiger partial charge in [0.25, 0.3) is 0 Å². The average Bonchev–Trinajstić information content (AvgIpc) is 2.22. The van der Waals surface area contributed by atoms with Gasteiger partial charge in [-0.15, -0.1) is 6.58 Å². The maximum atomic E-state index is 11.5. The molecule has 0 aliphatic carbocycles. The lowest BCUT2D eigenvalue weighted by Crippen LogP contribution is -2.49. The van der Waals surface area contributed by atoms with Crippen LogP contribution in [0.3, 0.4) is 0 Å². The summed E-state index contributed by atoms with van der Waals surface area (Å²) in [5, 5.41) is 5.10. The summed E-state index contributed by atoms with van der Waals surface area (Å²) >= 11 is 0. The van der Waals surface area contributed by atoms with Crippen molar-refractivity contribution >= 4 is 12.0 Å². The van der Waals surface area contributed by atoms with Crippen LogP contribution in [0.1, 0.15) is 20.8 Å². The first kappa shape index (κ1) is 14.5. The van der Waals surface area contributed by atoms with Gasteiger partial charge in [-0.3, -0.25) is 0 Å². The molecule has 2 N–H and O–H groups in total. The second-order valence-electron chi connectivity index (χ2n) is 3.62. The third-order valence-corrected chi connectivity index (χ3v) is 1.90. The van der Waals surface area contributed by atoms with E-state index in [-0.39, 0.29) is 5.92 Å². The molecule has 0 radical (unpaired) electrons. The monoisotopic (exact) mass is 228 g/mol. The molecule has 0 saturated heterocycles. The fourth-order valence-corrected chi connectivity index (χ4v) is 1.09. The second kappa shape index (κ2) is 7.73. The van der Waals surface area contributed by atoms with E-state index < -0.39 is 18.0 Å². The van der Waals surface area contributed by atoms with Gasteiger partial charge in [0.1, 0.15) is 6.04 Å². The molecule has 5 nitrogen and oxygen atoms in total. The molecule has 0 aliphatic heterocycles. The molecule has 0 aromatic heterocycles. The first-order valence-electron chi connectivity index (χ1n) is 5.34. The van der Waals surface area contributed by atoms with E-state index >= 15 is 0 Å². The van der Waals surface area contributed by atoms with Crippen LogP contribution in [0.15, 0.2) is 12.7 Å². The van der Waals surface area contributed by atoms with E-state index in [1.54, 1.807) is 13.0 Å². The molecule has 0 spiro atoms. The minimum atomic E-state index is -0.621. The first-order valence-corrected chi connectivity index (χ1v) is 5.34. The smallest absolute Gasteiger partial charge is 0.328 e. The Morgan fingerprint density at radius 3 is 2.50 bits per heavy atom. The lowest BCUT2D eigenvalue weighted by Gasteiger charge is -2.20. The molecule has 1 atom stereocenters. The summed E-state index contributed by atoms with van der Waals surface area (Å²) in [7, 11) is 0. The number of carbonyl (C=O) groups excluding carboxylic acids is 2. The van der Waals surface area contributed by atoms with Gasteiger partial charge < -0.3 is 15.4 Å². The quantitative estimate of drug-likeness (QED) is 0.527. The van der Waals surface area contributed by atoms with Gasteiger partial charge in [0, 0.05) is 6.54 Å². The van der Waals surface area contributed by atoms with E-state index in [9.17, 15) is 9.59 Å². The van der Waals surface area contributed by atoms with Gasteiger partial charge in [-0.05, 0) is 12.8 Å². The number of hydrogen-bond donors (Lipinski definition) is 2. The fraction of sp³-hybridized carbons (Fsp3) is 0.636. The second-order valence-corrected chi connectivity index (χ2v) is 3.62. The van der Waals surface area contributed by atoms with Crippen LogP contribution in [-0.4, -0.2) is 31.2 Å². The van der Waals surface area contributed by atoms with Gasteiger partial charge in [-0.25, -0.2) is 9.59 Å². The van der Waals surface area contributed by atoms with E-state index in [0.29, 0.717) is 13.2 Å². The van der Waals surface area contributed by atoms with Crippen molar-refractivity contribution in [3.05, 3.63) is 12.7 Å². The summed E-state index contributed by atoms with van der Waals surface area (Å²) in [4.78, 5) is 22.9. The predicted molar refractivity (Wildman–Crippen MR) is 62.0 cm³/mol. The Balaban J connectivity index is 4.27. The van der Waals surface area contributed by atoms with Crippen LogP contribution in [-0.2, 0) is 9.53 Å². The van der Waals surface area contributed by atoms with Gasteiger partial charge in [-0.1, -0.05) is 19.9 Å². The van der Waals surface area contributed by atoms with Crippen LogP contribution in [0.25, 0.3) is 0 Å². The summed E-state index contributed by atoms with van der Waals surface area (Å²) < 4.78 is 4.87. The Hall–Kier alpha value is -1.52. The van der Waals surface area contributed by atoms with Crippen molar-refractivity contribution < 1.29 is 14.3 Å². The topological polar surface area (TPSA) is 67.4 Å². The van der Waals surface area contributed by atoms with E-state index in [4.69, 9.17) is 4.74 Å². The standard InChI is InChI=1S/C11H20N2O3/c1-5-7-12-11(15)13-9(8(3)4)10(14)16-6-2/h5,8-9H,1,6-7H2,2-4H3,(H2,12,13,15).